The van der Waals surface area contributed by atoms with Gasteiger partial charge in [-0.3, -0.25) is 9.48 Å². The number of aromatic nitrogens is 2. The first kappa shape index (κ1) is 23.8. The van der Waals surface area contributed by atoms with Gasteiger partial charge in [0.15, 0.2) is 0 Å². The standard InChI is InChI=1S/C27H25N3O5S/c1-17(2)26(27(31)32)29-36(33,34)21-9-10-22-23-12-19(8-11-24(23)35-25(22)13-21)20-14-28-30(16-20)15-18-6-4-3-5-7-18/h3-14,16-17,26,29H,15H2,1-2H3,(H,31,32)/t26-/m0/s1. The Morgan fingerprint density at radius 2 is 1.78 bits per heavy atom. The van der Waals surface area contributed by atoms with Crippen molar-refractivity contribution in [2.75, 3.05) is 0 Å². The van der Waals surface area contributed by atoms with Gasteiger partial charge in [0.05, 0.1) is 17.6 Å². The molecule has 0 amide bonds. The van der Waals surface area contributed by atoms with Crippen LogP contribution in [0.5, 0.6) is 0 Å². The van der Waals surface area contributed by atoms with Gasteiger partial charge in [-0.05, 0) is 41.3 Å². The molecule has 184 valence electrons. The third kappa shape index (κ3) is 4.62. The Kier molecular flexibility index (Phi) is 6.11. The number of hydrogen-bond donors (Lipinski definition) is 2. The molecule has 0 saturated carbocycles. The lowest BCUT2D eigenvalue weighted by molar-refractivity contribution is -0.140. The van der Waals surface area contributed by atoms with E-state index in [0.717, 1.165) is 27.5 Å². The van der Waals surface area contributed by atoms with E-state index in [1.807, 2.05) is 53.5 Å². The maximum absolute atomic E-state index is 12.9. The summed E-state index contributed by atoms with van der Waals surface area (Å²) < 4.78 is 35.8. The molecule has 2 aromatic heterocycles. The molecule has 0 aliphatic rings. The molecule has 0 unspecified atom stereocenters. The molecule has 0 radical (unpaired) electrons. The number of nitrogens with zero attached hydrogens (tertiary/aromatic N) is 2. The van der Waals surface area contributed by atoms with Crippen LogP contribution in [0.1, 0.15) is 19.4 Å². The maximum atomic E-state index is 12.9. The molecule has 5 aromatic rings. The lowest BCUT2D eigenvalue weighted by Gasteiger charge is -2.17. The number of benzene rings is 3. The zero-order valence-electron chi connectivity index (χ0n) is 19.8. The van der Waals surface area contributed by atoms with Crippen LogP contribution in [0.4, 0.5) is 0 Å². The summed E-state index contributed by atoms with van der Waals surface area (Å²) in [7, 11) is -4.05. The summed E-state index contributed by atoms with van der Waals surface area (Å²) in [6.07, 6.45) is 3.80. The first-order valence-corrected chi connectivity index (χ1v) is 13.0. The summed E-state index contributed by atoms with van der Waals surface area (Å²) in [5.74, 6) is -1.64. The van der Waals surface area contributed by atoms with Crippen LogP contribution in [0.2, 0.25) is 0 Å². The number of sulfonamides is 1. The number of carboxylic acids is 1. The Morgan fingerprint density at radius 3 is 2.50 bits per heavy atom. The van der Waals surface area contributed by atoms with E-state index < -0.39 is 28.0 Å². The predicted octanol–water partition coefficient (Wildman–Crippen LogP) is 4.89. The van der Waals surface area contributed by atoms with Gasteiger partial charge in [0.25, 0.3) is 0 Å². The van der Waals surface area contributed by atoms with Crippen LogP contribution < -0.4 is 4.72 Å². The highest BCUT2D eigenvalue weighted by Gasteiger charge is 2.28. The minimum atomic E-state index is -4.05. The molecule has 2 heterocycles. The summed E-state index contributed by atoms with van der Waals surface area (Å²) in [4.78, 5) is 11.4. The molecular formula is C27H25N3O5S. The van der Waals surface area contributed by atoms with Crippen LogP contribution in [0.25, 0.3) is 33.1 Å². The Bertz CT molecular complexity index is 1670. The number of aliphatic carboxylic acids is 1. The van der Waals surface area contributed by atoms with Crippen LogP contribution in [-0.2, 0) is 21.4 Å². The van der Waals surface area contributed by atoms with E-state index in [0.29, 0.717) is 17.7 Å². The average molecular weight is 504 g/mol. The van der Waals surface area contributed by atoms with E-state index >= 15 is 0 Å². The average Bonchev–Trinajstić information content (AvgIpc) is 3.46. The number of furan rings is 1. The molecule has 0 aliphatic heterocycles. The van der Waals surface area contributed by atoms with Crippen LogP contribution in [0, 0.1) is 5.92 Å². The molecule has 0 saturated heterocycles. The fourth-order valence-electron chi connectivity index (χ4n) is 4.18. The molecule has 9 heteroatoms. The molecular weight excluding hydrogens is 478 g/mol. The van der Waals surface area contributed by atoms with Crippen LogP contribution >= 0.6 is 0 Å². The van der Waals surface area contributed by atoms with Gasteiger partial charge in [0, 0.05) is 28.6 Å². The summed E-state index contributed by atoms with van der Waals surface area (Å²) in [6, 6.07) is 19.2. The minimum Gasteiger partial charge on any atom is -0.480 e. The lowest BCUT2D eigenvalue weighted by Crippen LogP contribution is -2.44. The van der Waals surface area contributed by atoms with Crippen molar-refractivity contribution in [2.24, 2.45) is 5.92 Å². The van der Waals surface area contributed by atoms with Crippen LogP contribution in [0.3, 0.4) is 0 Å². The number of carbonyl (C=O) groups is 1. The fraction of sp³-hybridized carbons (Fsp3) is 0.185. The Hall–Kier alpha value is -3.95. The number of rotatable bonds is 8. The van der Waals surface area contributed by atoms with Crippen molar-refractivity contribution in [3.8, 4) is 11.1 Å². The summed E-state index contributed by atoms with van der Waals surface area (Å²) in [5, 5.41) is 15.5. The SMILES string of the molecule is CC(C)[C@H](NS(=O)(=O)c1ccc2c(c1)oc1ccc(-c3cnn(Cc4ccccc4)c3)cc12)C(=O)O. The normalized spacial score (nSPS) is 13.0. The van der Waals surface area contributed by atoms with Crippen molar-refractivity contribution >= 4 is 37.9 Å². The van der Waals surface area contributed by atoms with Gasteiger partial charge in [0.1, 0.15) is 17.2 Å². The number of carboxylic acid groups (broad SMARTS) is 1. The van der Waals surface area contributed by atoms with Crippen LogP contribution in [-0.4, -0.2) is 35.3 Å². The second-order valence-corrected chi connectivity index (χ2v) is 10.8. The van der Waals surface area contributed by atoms with Crippen molar-refractivity contribution in [2.45, 2.75) is 31.3 Å². The summed E-state index contributed by atoms with van der Waals surface area (Å²) in [5.41, 5.74) is 4.11. The van der Waals surface area contributed by atoms with Crippen molar-refractivity contribution in [3.05, 3.63) is 84.7 Å². The Labute approximate surface area is 208 Å². The fourth-order valence-corrected chi connectivity index (χ4v) is 5.53. The second kappa shape index (κ2) is 9.25. The van der Waals surface area contributed by atoms with E-state index in [4.69, 9.17) is 4.42 Å². The molecule has 1 atom stereocenters. The highest BCUT2D eigenvalue weighted by atomic mass is 32.2. The molecule has 0 aliphatic carbocycles. The molecule has 0 bridgehead atoms. The maximum Gasteiger partial charge on any atom is 0.322 e. The van der Waals surface area contributed by atoms with Gasteiger partial charge in [0.2, 0.25) is 10.0 Å². The first-order chi connectivity index (χ1) is 17.2. The molecule has 36 heavy (non-hydrogen) atoms. The lowest BCUT2D eigenvalue weighted by atomic mass is 10.1. The van der Waals surface area contributed by atoms with E-state index in [9.17, 15) is 18.3 Å². The molecule has 0 spiro atoms. The minimum absolute atomic E-state index is 0.0524. The number of fused-ring (bicyclic) bond motifs is 3. The number of hydrogen-bond acceptors (Lipinski definition) is 5. The molecule has 3 aromatic carbocycles. The second-order valence-electron chi connectivity index (χ2n) is 9.06. The van der Waals surface area contributed by atoms with E-state index in [1.165, 1.54) is 12.1 Å². The quantitative estimate of drug-likeness (QED) is 0.312. The van der Waals surface area contributed by atoms with Gasteiger partial charge in [-0.1, -0.05) is 50.2 Å². The molecule has 2 N–H and O–H groups in total. The van der Waals surface area contributed by atoms with Gasteiger partial charge >= 0.3 is 5.97 Å². The Morgan fingerprint density at radius 1 is 1.00 bits per heavy atom. The highest BCUT2D eigenvalue weighted by molar-refractivity contribution is 7.89. The van der Waals surface area contributed by atoms with E-state index in [2.05, 4.69) is 22.0 Å². The molecule has 0 fully saturated rings. The zero-order valence-corrected chi connectivity index (χ0v) is 20.6. The third-order valence-electron chi connectivity index (χ3n) is 6.12. The summed E-state index contributed by atoms with van der Waals surface area (Å²) in [6.45, 7) is 3.96. The molecule has 5 rings (SSSR count). The van der Waals surface area contributed by atoms with Crippen molar-refractivity contribution in [1.29, 1.82) is 0 Å². The van der Waals surface area contributed by atoms with Gasteiger partial charge in [-0.2, -0.15) is 9.82 Å². The van der Waals surface area contributed by atoms with Crippen molar-refractivity contribution in [1.82, 2.24) is 14.5 Å². The number of nitrogens with one attached hydrogen (secondary N) is 1. The smallest absolute Gasteiger partial charge is 0.322 e. The largest absolute Gasteiger partial charge is 0.480 e. The van der Waals surface area contributed by atoms with Gasteiger partial charge in [-0.25, -0.2) is 8.42 Å². The molecule has 8 nitrogen and oxygen atoms in total. The predicted molar refractivity (Wildman–Crippen MR) is 137 cm³/mol. The third-order valence-corrected chi connectivity index (χ3v) is 7.56. The van der Waals surface area contributed by atoms with Crippen molar-refractivity contribution < 1.29 is 22.7 Å². The van der Waals surface area contributed by atoms with Gasteiger partial charge in [-0.15, -0.1) is 0 Å². The Balaban J connectivity index is 1.46. The zero-order chi connectivity index (χ0) is 25.4. The highest BCUT2D eigenvalue weighted by Crippen LogP contribution is 2.33. The topological polar surface area (TPSA) is 114 Å². The van der Waals surface area contributed by atoms with Gasteiger partial charge < -0.3 is 9.52 Å². The summed E-state index contributed by atoms with van der Waals surface area (Å²) >= 11 is 0. The van der Waals surface area contributed by atoms with Crippen LogP contribution in [0.15, 0.2) is 88.4 Å². The van der Waals surface area contributed by atoms with E-state index in [-0.39, 0.29) is 4.90 Å². The first-order valence-electron chi connectivity index (χ1n) is 11.5. The van der Waals surface area contributed by atoms with Crippen molar-refractivity contribution in [3.63, 3.8) is 0 Å². The van der Waals surface area contributed by atoms with E-state index in [1.54, 1.807) is 19.9 Å². The monoisotopic (exact) mass is 503 g/mol.